The molecule has 2 heteroatoms. The molecule has 0 aromatic heterocycles. The van der Waals surface area contributed by atoms with Crippen LogP contribution in [0.5, 0.6) is 0 Å². The van der Waals surface area contributed by atoms with E-state index in [0.717, 1.165) is 0 Å². The predicted octanol–water partition coefficient (Wildman–Crippen LogP) is 2.45. The first-order valence-corrected chi connectivity index (χ1v) is 5.05. The summed E-state index contributed by atoms with van der Waals surface area (Å²) in [6.07, 6.45) is 0.403. The van der Waals surface area contributed by atoms with Crippen LogP contribution in [0.4, 0.5) is 0 Å². The van der Waals surface area contributed by atoms with E-state index in [2.05, 4.69) is 65.7 Å². The lowest BCUT2D eigenvalue weighted by Crippen LogP contribution is -2.55. The van der Waals surface area contributed by atoms with Crippen molar-refractivity contribution >= 4 is 0 Å². The minimum Gasteiger partial charge on any atom is -0.297 e. The van der Waals surface area contributed by atoms with Gasteiger partial charge in [0.1, 0.15) is 0 Å². The summed E-state index contributed by atoms with van der Waals surface area (Å²) >= 11 is 0. The van der Waals surface area contributed by atoms with Crippen molar-refractivity contribution < 1.29 is 0 Å². The molecule has 0 bridgehead atoms. The van der Waals surface area contributed by atoms with Crippen molar-refractivity contribution in [1.82, 2.24) is 10.2 Å². The summed E-state index contributed by atoms with van der Waals surface area (Å²) in [6.45, 7) is 15.5. The molecule has 0 heterocycles. The summed E-state index contributed by atoms with van der Waals surface area (Å²) in [4.78, 5) is 2.35. The molecule has 1 unspecified atom stereocenters. The number of rotatable bonds is 2. The Bertz CT molecular complexity index is 150. The largest absolute Gasteiger partial charge is 0.297 e. The Kier molecular flexibility index (Phi) is 3.95. The molecule has 0 aliphatic rings. The van der Waals surface area contributed by atoms with E-state index in [1.54, 1.807) is 0 Å². The summed E-state index contributed by atoms with van der Waals surface area (Å²) in [6, 6.07) is 0. The molecule has 0 aromatic rings. The maximum atomic E-state index is 3.55. The summed E-state index contributed by atoms with van der Waals surface area (Å²) in [5.41, 5.74) is 0.399. The highest BCUT2D eigenvalue weighted by Crippen LogP contribution is 2.14. The van der Waals surface area contributed by atoms with Gasteiger partial charge in [0.05, 0.1) is 6.17 Å². The third-order valence-electron chi connectivity index (χ3n) is 2.28. The Morgan fingerprint density at radius 3 is 1.62 bits per heavy atom. The molecule has 0 amide bonds. The molecule has 0 saturated heterocycles. The van der Waals surface area contributed by atoms with Crippen molar-refractivity contribution in [3.05, 3.63) is 0 Å². The molecule has 0 spiro atoms. The van der Waals surface area contributed by atoms with Gasteiger partial charge in [0.15, 0.2) is 0 Å². The maximum absolute atomic E-state index is 3.55. The van der Waals surface area contributed by atoms with Gasteiger partial charge >= 0.3 is 0 Å². The lowest BCUT2D eigenvalue weighted by atomic mass is 10.0. The van der Waals surface area contributed by atoms with E-state index in [1.807, 2.05) is 0 Å². The Morgan fingerprint density at radius 1 is 1.00 bits per heavy atom. The van der Waals surface area contributed by atoms with Crippen molar-refractivity contribution in [2.45, 2.75) is 65.7 Å². The molecule has 0 radical (unpaired) electrons. The Hall–Kier alpha value is -0.0800. The van der Waals surface area contributed by atoms with Gasteiger partial charge in [0, 0.05) is 11.1 Å². The molecule has 80 valence electrons. The molecule has 0 aromatic carbocycles. The van der Waals surface area contributed by atoms with Crippen LogP contribution in [0, 0.1) is 0 Å². The second-order valence-corrected chi connectivity index (χ2v) is 5.85. The zero-order valence-corrected chi connectivity index (χ0v) is 10.5. The first-order valence-electron chi connectivity index (χ1n) is 5.05. The van der Waals surface area contributed by atoms with Crippen LogP contribution in [0.2, 0.25) is 0 Å². The van der Waals surface area contributed by atoms with Gasteiger partial charge in [-0.3, -0.25) is 10.2 Å². The van der Waals surface area contributed by atoms with Gasteiger partial charge in [-0.25, -0.2) is 0 Å². The van der Waals surface area contributed by atoms with Crippen molar-refractivity contribution in [1.29, 1.82) is 0 Å². The molecule has 1 atom stereocenters. The molecular formula is C11H26N2. The number of hydrogen-bond acceptors (Lipinski definition) is 2. The maximum Gasteiger partial charge on any atom is 0.0573 e. The fourth-order valence-electron chi connectivity index (χ4n) is 1.30. The van der Waals surface area contributed by atoms with Gasteiger partial charge in [-0.1, -0.05) is 0 Å². The van der Waals surface area contributed by atoms with Gasteiger partial charge in [-0.2, -0.15) is 0 Å². The molecule has 13 heavy (non-hydrogen) atoms. The molecule has 2 nitrogen and oxygen atoms in total. The molecular weight excluding hydrogens is 160 g/mol. The van der Waals surface area contributed by atoms with Crippen LogP contribution in [0.25, 0.3) is 0 Å². The highest BCUT2D eigenvalue weighted by Gasteiger charge is 2.24. The van der Waals surface area contributed by atoms with Crippen molar-refractivity contribution in [2.24, 2.45) is 0 Å². The third-order valence-corrected chi connectivity index (χ3v) is 2.28. The first-order chi connectivity index (χ1) is 5.54. The summed E-state index contributed by atoms with van der Waals surface area (Å²) in [7, 11) is 2.16. The molecule has 0 saturated carbocycles. The predicted molar refractivity (Wildman–Crippen MR) is 59.9 cm³/mol. The highest BCUT2D eigenvalue weighted by atomic mass is 15.3. The zero-order chi connectivity index (χ0) is 10.9. The van der Waals surface area contributed by atoms with Crippen LogP contribution in [-0.2, 0) is 0 Å². The van der Waals surface area contributed by atoms with Crippen LogP contribution < -0.4 is 5.32 Å². The van der Waals surface area contributed by atoms with Gasteiger partial charge in [-0.05, 0) is 55.5 Å². The molecule has 0 fully saturated rings. The van der Waals surface area contributed by atoms with E-state index in [0.29, 0.717) is 6.17 Å². The molecule has 0 aliphatic heterocycles. The molecule has 1 N–H and O–H groups in total. The van der Waals surface area contributed by atoms with E-state index in [-0.39, 0.29) is 11.1 Å². The van der Waals surface area contributed by atoms with E-state index in [9.17, 15) is 0 Å². The monoisotopic (exact) mass is 186 g/mol. The fourth-order valence-corrected chi connectivity index (χ4v) is 1.30. The Labute approximate surface area is 83.7 Å². The van der Waals surface area contributed by atoms with Crippen molar-refractivity contribution in [3.8, 4) is 0 Å². The van der Waals surface area contributed by atoms with Crippen LogP contribution >= 0.6 is 0 Å². The average molecular weight is 186 g/mol. The first kappa shape index (κ1) is 12.9. The molecule has 0 rings (SSSR count). The lowest BCUT2D eigenvalue weighted by molar-refractivity contribution is 0.0878. The van der Waals surface area contributed by atoms with E-state index in [1.165, 1.54) is 0 Å². The van der Waals surface area contributed by atoms with Gasteiger partial charge in [0.2, 0.25) is 0 Å². The lowest BCUT2D eigenvalue weighted by Gasteiger charge is -2.40. The van der Waals surface area contributed by atoms with Gasteiger partial charge in [0.25, 0.3) is 0 Å². The van der Waals surface area contributed by atoms with Gasteiger partial charge in [-0.15, -0.1) is 0 Å². The number of hydrogen-bond donors (Lipinski definition) is 1. The highest BCUT2D eigenvalue weighted by molar-refractivity contribution is 4.81. The summed E-state index contributed by atoms with van der Waals surface area (Å²) < 4.78 is 0. The second kappa shape index (κ2) is 3.97. The minimum absolute atomic E-state index is 0.179. The SMILES string of the molecule is CC(NC(C)(C)C)N(C)C(C)(C)C. The fraction of sp³-hybridized carbons (Fsp3) is 1.00. The van der Waals surface area contributed by atoms with E-state index >= 15 is 0 Å². The standard InChI is InChI=1S/C11H26N2/c1-9(12-10(2,3)4)13(8)11(5,6)7/h9,12H,1-8H3. The minimum atomic E-state index is 0.179. The van der Waals surface area contributed by atoms with Crippen molar-refractivity contribution in [2.75, 3.05) is 7.05 Å². The van der Waals surface area contributed by atoms with E-state index < -0.39 is 0 Å². The van der Waals surface area contributed by atoms with Crippen molar-refractivity contribution in [3.63, 3.8) is 0 Å². The smallest absolute Gasteiger partial charge is 0.0573 e. The molecule has 0 aliphatic carbocycles. The van der Waals surface area contributed by atoms with Crippen LogP contribution in [-0.4, -0.2) is 29.2 Å². The van der Waals surface area contributed by atoms with Gasteiger partial charge < -0.3 is 0 Å². The van der Waals surface area contributed by atoms with Crippen LogP contribution in [0.1, 0.15) is 48.5 Å². The topological polar surface area (TPSA) is 15.3 Å². The average Bonchev–Trinajstić information content (AvgIpc) is 1.79. The zero-order valence-electron chi connectivity index (χ0n) is 10.5. The Morgan fingerprint density at radius 2 is 1.38 bits per heavy atom. The quantitative estimate of drug-likeness (QED) is 0.666. The van der Waals surface area contributed by atoms with E-state index in [4.69, 9.17) is 0 Å². The summed E-state index contributed by atoms with van der Waals surface area (Å²) in [5.74, 6) is 0. The number of nitrogens with zero attached hydrogens (tertiary/aromatic N) is 1. The number of nitrogens with one attached hydrogen (secondary N) is 1. The van der Waals surface area contributed by atoms with Crippen LogP contribution in [0.3, 0.4) is 0 Å². The third kappa shape index (κ3) is 5.27. The van der Waals surface area contributed by atoms with Crippen LogP contribution in [0.15, 0.2) is 0 Å². The normalized spacial score (nSPS) is 16.4. The Balaban J connectivity index is 4.20. The summed E-state index contributed by atoms with van der Waals surface area (Å²) in [5, 5.41) is 3.55. The second-order valence-electron chi connectivity index (χ2n) is 5.85.